The van der Waals surface area contributed by atoms with Gasteiger partial charge < -0.3 is 10.2 Å². The first-order valence-corrected chi connectivity index (χ1v) is 29.0. The molecule has 1 unspecified atom stereocenters. The zero-order valence-corrected chi connectivity index (χ0v) is 44.0. The van der Waals surface area contributed by atoms with E-state index in [-0.39, 0.29) is 46.7 Å². The molecule has 2 nitrogen and oxygen atoms in total. The third kappa shape index (κ3) is 15.5. The molecule has 0 amide bonds. The predicted molar refractivity (Wildman–Crippen MR) is 278 cm³/mol. The van der Waals surface area contributed by atoms with Gasteiger partial charge in [-0.15, -0.1) is 0 Å². The second-order valence-corrected chi connectivity index (χ2v) is 24.8. The van der Waals surface area contributed by atoms with E-state index >= 15 is 0 Å². The fraction of sp³-hybridized carbons (Fsp3) is 0.140. The number of para-hydroxylation sites is 2. The van der Waals surface area contributed by atoms with Crippen LogP contribution in [0.15, 0.2) is 194 Å². The van der Waals surface area contributed by atoms with Crippen molar-refractivity contribution in [1.82, 2.24) is 0 Å². The molecule has 1 aliphatic carbocycles. The van der Waals surface area contributed by atoms with E-state index in [2.05, 4.69) is 95.9 Å². The van der Waals surface area contributed by atoms with Crippen LogP contribution in [0.4, 0.5) is 35.1 Å². The predicted octanol–water partition coefficient (Wildman–Crippen LogP) is 11.7. The number of phenolic OH excluding ortho intramolecular Hbond substituents is 2. The van der Waals surface area contributed by atoms with Crippen LogP contribution < -0.4 is 37.1 Å². The molecule has 1 aliphatic rings. The Kier molecular flexibility index (Phi) is 21.2. The van der Waals surface area contributed by atoms with E-state index in [0.717, 1.165) is 30.7 Å². The Labute approximate surface area is 423 Å². The Morgan fingerprint density at radius 1 is 0.493 bits per heavy atom. The van der Waals surface area contributed by atoms with Crippen LogP contribution in [0.1, 0.15) is 24.8 Å². The molecule has 0 heterocycles. The third-order valence-corrected chi connectivity index (χ3v) is 20.7. The molecule has 1 saturated carbocycles. The molecule has 0 radical (unpaired) electrons. The SMILES string of the molecule is C[PH+](c1ccccc1)c1ccccc1.Oc1ccccc1[PH+](c1ccc(F)cc1F)[C@H]1CC[C@@H](F)C[C@H]1F.Oc1ccccc1[PH+](c1ccc(F)cc1F)c1ccc(F)cc1F.[Re]#[C]Cc1ccccc1. The number of phenols is 2. The van der Waals surface area contributed by atoms with Crippen molar-refractivity contribution < 1.29 is 63.9 Å². The number of benzene rings is 8. The van der Waals surface area contributed by atoms with Crippen LogP contribution >= 0.6 is 23.8 Å². The number of hydrogen-bond acceptors (Lipinski definition) is 2. The van der Waals surface area contributed by atoms with Crippen molar-refractivity contribution >= 4 is 60.9 Å². The molecule has 0 saturated heterocycles. The average molecular weight is 1200 g/mol. The van der Waals surface area contributed by atoms with Gasteiger partial charge in [0.05, 0.1) is 33.1 Å². The van der Waals surface area contributed by atoms with Crippen molar-refractivity contribution in [3.63, 3.8) is 0 Å². The van der Waals surface area contributed by atoms with Crippen molar-refractivity contribution in [1.29, 1.82) is 0 Å². The van der Waals surface area contributed by atoms with Crippen LogP contribution in [0.25, 0.3) is 0 Å². The van der Waals surface area contributed by atoms with Gasteiger partial charge >= 0.3 is 65.2 Å². The molecule has 366 valence electrons. The van der Waals surface area contributed by atoms with Gasteiger partial charge in [0.2, 0.25) is 0 Å². The van der Waals surface area contributed by atoms with Gasteiger partial charge in [0, 0.05) is 24.6 Å². The molecule has 14 heteroatoms. The van der Waals surface area contributed by atoms with E-state index in [0.29, 0.717) is 22.7 Å². The molecule has 2 N–H and O–H groups in total. The second-order valence-electron chi connectivity index (χ2n) is 16.4. The molecule has 71 heavy (non-hydrogen) atoms. The standard InChI is InChI=1S/C18H17F4OP.C18H11F4OP.C13H13P.C8H7.Re/c2*19-11-5-7-16(13(21)9-11)24(18-4-2-1-3-15(18)23)17-8-6-12(20)10-14(17)22;1-14(12-8-4-2-5-9-12)13-10-6-3-7-11-13;1-2-8-6-4-3-5-7-8;/h1-5,7,9,12,14,17,23H,6,8,10H2;1-10,23H;2-11H,1H3;3-7H,2H2;/p+3/t12-,14-,17+,24?;;;;/m1..../s1. The van der Waals surface area contributed by atoms with Crippen LogP contribution in [0, 0.1) is 39.2 Å². The van der Waals surface area contributed by atoms with Crippen molar-refractivity contribution in [2.45, 2.75) is 43.7 Å². The molecule has 1 fully saturated rings. The molecule has 0 aliphatic heterocycles. The second kappa shape index (κ2) is 27.4. The Morgan fingerprint density at radius 2 is 0.901 bits per heavy atom. The van der Waals surface area contributed by atoms with Crippen LogP contribution in [-0.4, -0.2) is 34.9 Å². The van der Waals surface area contributed by atoms with Crippen molar-refractivity contribution in [3.05, 3.63) is 235 Å². The van der Waals surface area contributed by atoms with Crippen LogP contribution in [0.2, 0.25) is 0 Å². The number of rotatable bonds is 9. The first-order chi connectivity index (χ1) is 34.2. The van der Waals surface area contributed by atoms with E-state index < -0.39 is 76.7 Å². The molecule has 0 aromatic heterocycles. The Morgan fingerprint density at radius 3 is 1.32 bits per heavy atom. The van der Waals surface area contributed by atoms with Gasteiger partial charge in [0.25, 0.3) is 0 Å². The van der Waals surface area contributed by atoms with Crippen LogP contribution in [0.3, 0.4) is 0 Å². The topological polar surface area (TPSA) is 40.5 Å². The van der Waals surface area contributed by atoms with Gasteiger partial charge in [-0.1, -0.05) is 60.7 Å². The van der Waals surface area contributed by atoms with E-state index in [1.807, 2.05) is 6.07 Å². The summed E-state index contributed by atoms with van der Waals surface area (Å²) in [5.41, 5.74) is 0.773. The fourth-order valence-corrected chi connectivity index (χ4v) is 16.2. The summed E-state index contributed by atoms with van der Waals surface area (Å²) < 4.78 is 114. The number of hydrogen-bond donors (Lipinski definition) is 2. The minimum atomic E-state index is -2.33. The number of halogens is 8. The summed E-state index contributed by atoms with van der Waals surface area (Å²) in [4.78, 5) is 0. The summed E-state index contributed by atoms with van der Waals surface area (Å²) in [6.07, 6.45) is -1.33. The summed E-state index contributed by atoms with van der Waals surface area (Å²) >= 11 is 1.60. The average Bonchev–Trinajstić information content (AvgIpc) is 3.36. The molecule has 8 aromatic rings. The van der Waals surface area contributed by atoms with Crippen molar-refractivity contribution in [3.8, 4) is 15.8 Å². The zero-order valence-electron chi connectivity index (χ0n) is 38.3. The molecule has 8 aromatic carbocycles. The molecule has 4 atom stereocenters. The Bertz CT molecular complexity index is 2900. The number of aromatic hydroxyl groups is 2. The summed E-state index contributed by atoms with van der Waals surface area (Å²) in [7, 11) is -4.96. The normalized spacial score (nSPS) is 15.5. The molecular formula is C57H51F8O2P3Re+3. The summed E-state index contributed by atoms with van der Waals surface area (Å²) in [5.74, 6) is -4.81. The fourth-order valence-electron chi connectivity index (χ4n) is 8.07. The Hall–Kier alpha value is -5.47. The maximum atomic E-state index is 14.6. The summed E-state index contributed by atoms with van der Waals surface area (Å²) in [6, 6.07) is 53.7. The minimum absolute atomic E-state index is 0.0373. The summed E-state index contributed by atoms with van der Waals surface area (Å²) in [5, 5.41) is 24.4. The van der Waals surface area contributed by atoms with Gasteiger partial charge in [-0.05, 0) is 97.8 Å². The van der Waals surface area contributed by atoms with E-state index in [4.69, 9.17) is 0 Å². The van der Waals surface area contributed by atoms with E-state index in [1.165, 1.54) is 46.5 Å². The van der Waals surface area contributed by atoms with Crippen LogP contribution in [-0.2, 0) is 25.0 Å². The van der Waals surface area contributed by atoms with Gasteiger partial charge in [-0.2, -0.15) is 0 Å². The summed E-state index contributed by atoms with van der Waals surface area (Å²) in [6.45, 7) is 2.34. The first kappa shape index (κ1) is 54.9. The molecule has 0 bridgehead atoms. The third-order valence-electron chi connectivity index (χ3n) is 11.6. The van der Waals surface area contributed by atoms with Gasteiger partial charge in [0.1, 0.15) is 69.9 Å². The molecule has 9 rings (SSSR count). The number of alkyl halides is 2. The Balaban J connectivity index is 0.000000164. The van der Waals surface area contributed by atoms with E-state index in [9.17, 15) is 45.3 Å². The van der Waals surface area contributed by atoms with Crippen molar-refractivity contribution in [2.75, 3.05) is 6.66 Å². The van der Waals surface area contributed by atoms with Gasteiger partial charge in [-0.3, -0.25) is 0 Å². The first-order valence-electron chi connectivity index (χ1n) is 22.5. The zero-order chi connectivity index (χ0) is 50.9. The van der Waals surface area contributed by atoms with E-state index in [1.54, 1.807) is 54.9 Å². The molecular weight excluding hydrogens is 1150 g/mol. The monoisotopic (exact) mass is 1200 g/mol. The van der Waals surface area contributed by atoms with Crippen LogP contribution in [0.5, 0.6) is 11.5 Å². The van der Waals surface area contributed by atoms with Gasteiger partial charge in [-0.25, -0.2) is 35.1 Å². The molecule has 0 spiro atoms. The quantitative estimate of drug-likeness (QED) is 0.112. The van der Waals surface area contributed by atoms with Gasteiger partial charge in [0.15, 0.2) is 29.0 Å². The maximum absolute atomic E-state index is 14.6. The van der Waals surface area contributed by atoms with Crippen molar-refractivity contribution in [2.24, 2.45) is 0 Å².